The minimum Gasteiger partial charge on any atom is -0.344 e. The van der Waals surface area contributed by atoms with Crippen molar-refractivity contribution < 1.29 is 14.4 Å². The van der Waals surface area contributed by atoms with Crippen molar-refractivity contribution in [2.75, 3.05) is 13.1 Å². The van der Waals surface area contributed by atoms with Crippen LogP contribution in [0.2, 0.25) is 0 Å². The van der Waals surface area contributed by atoms with Gasteiger partial charge in [0.05, 0.1) is 12.6 Å². The van der Waals surface area contributed by atoms with Gasteiger partial charge in [-0.05, 0) is 25.2 Å². The van der Waals surface area contributed by atoms with Crippen molar-refractivity contribution in [1.29, 1.82) is 0 Å². The van der Waals surface area contributed by atoms with E-state index >= 15 is 0 Å². The summed E-state index contributed by atoms with van der Waals surface area (Å²) < 4.78 is 0. The molecule has 0 saturated carbocycles. The molecule has 19 heavy (non-hydrogen) atoms. The number of likely N-dealkylation sites (tertiary alicyclic amines) is 1. The lowest BCUT2D eigenvalue weighted by molar-refractivity contribution is -0.137. The summed E-state index contributed by atoms with van der Waals surface area (Å²) in [6.45, 7) is 4.39. The molecule has 6 heteroatoms. The highest BCUT2D eigenvalue weighted by Crippen LogP contribution is 2.17. The van der Waals surface area contributed by atoms with Crippen molar-refractivity contribution >= 4 is 18.1 Å². The molecular weight excluding hydrogens is 246 g/mol. The first-order valence-corrected chi connectivity index (χ1v) is 6.67. The summed E-state index contributed by atoms with van der Waals surface area (Å²) in [7, 11) is 0. The SMILES string of the molecule is CC(C)CC([C]=O)NC(=O)C1CCCN1C(=O)CN. The highest BCUT2D eigenvalue weighted by Gasteiger charge is 2.34. The molecule has 1 aliphatic rings. The third kappa shape index (κ3) is 4.31. The molecule has 0 aromatic heterocycles. The molecule has 2 unspecified atom stereocenters. The molecule has 2 amide bonds. The lowest BCUT2D eigenvalue weighted by atomic mass is 10.0. The molecule has 1 fully saturated rings. The van der Waals surface area contributed by atoms with Crippen LogP contribution >= 0.6 is 0 Å². The fourth-order valence-corrected chi connectivity index (χ4v) is 2.33. The number of hydrogen-bond donors (Lipinski definition) is 2. The van der Waals surface area contributed by atoms with E-state index in [0.717, 1.165) is 6.42 Å². The van der Waals surface area contributed by atoms with Crippen LogP contribution in [-0.4, -0.2) is 48.2 Å². The maximum absolute atomic E-state index is 12.1. The number of rotatable bonds is 6. The summed E-state index contributed by atoms with van der Waals surface area (Å²) in [4.78, 5) is 36.0. The standard InChI is InChI=1S/C13H22N3O3/c1-9(2)6-10(8-17)15-13(19)11-4-3-5-16(11)12(18)7-14/h9-11H,3-7,14H2,1-2H3,(H,15,19). The molecule has 1 aliphatic heterocycles. The monoisotopic (exact) mass is 268 g/mol. The van der Waals surface area contributed by atoms with Crippen LogP contribution in [0.1, 0.15) is 33.1 Å². The molecule has 1 heterocycles. The minimum absolute atomic E-state index is 0.0982. The molecule has 1 saturated heterocycles. The molecule has 0 bridgehead atoms. The molecule has 107 valence electrons. The van der Waals surface area contributed by atoms with Crippen LogP contribution < -0.4 is 11.1 Å². The average molecular weight is 268 g/mol. The zero-order valence-corrected chi connectivity index (χ0v) is 11.5. The van der Waals surface area contributed by atoms with Gasteiger partial charge in [-0.15, -0.1) is 0 Å². The van der Waals surface area contributed by atoms with Gasteiger partial charge in [0.15, 0.2) is 0 Å². The molecule has 2 atom stereocenters. The first-order valence-electron chi connectivity index (χ1n) is 6.67. The molecule has 0 spiro atoms. The van der Waals surface area contributed by atoms with Gasteiger partial charge >= 0.3 is 0 Å². The van der Waals surface area contributed by atoms with Gasteiger partial charge in [-0.1, -0.05) is 13.8 Å². The highest BCUT2D eigenvalue weighted by atomic mass is 16.2. The van der Waals surface area contributed by atoms with E-state index in [0.29, 0.717) is 19.4 Å². The Hall–Kier alpha value is -1.43. The van der Waals surface area contributed by atoms with Gasteiger partial charge in [0.2, 0.25) is 18.1 Å². The van der Waals surface area contributed by atoms with Crippen LogP contribution in [0.3, 0.4) is 0 Å². The Labute approximate surface area is 113 Å². The number of carbonyl (C=O) groups is 2. The third-order valence-corrected chi connectivity index (χ3v) is 3.22. The summed E-state index contributed by atoms with van der Waals surface area (Å²) >= 11 is 0. The maximum Gasteiger partial charge on any atom is 0.243 e. The molecule has 1 rings (SSSR count). The van der Waals surface area contributed by atoms with Crippen molar-refractivity contribution in [1.82, 2.24) is 10.2 Å². The first kappa shape index (κ1) is 15.6. The predicted octanol–water partition coefficient (Wildman–Crippen LogP) is -0.423. The fourth-order valence-electron chi connectivity index (χ4n) is 2.33. The van der Waals surface area contributed by atoms with Gasteiger partial charge < -0.3 is 16.0 Å². The predicted molar refractivity (Wildman–Crippen MR) is 70.9 cm³/mol. The average Bonchev–Trinajstić information content (AvgIpc) is 2.85. The molecule has 0 aromatic carbocycles. The van der Waals surface area contributed by atoms with E-state index in [-0.39, 0.29) is 24.3 Å². The topological polar surface area (TPSA) is 92.5 Å². The number of hydrogen-bond acceptors (Lipinski definition) is 4. The number of amides is 2. The summed E-state index contributed by atoms with van der Waals surface area (Å²) in [5, 5.41) is 2.65. The van der Waals surface area contributed by atoms with Gasteiger partial charge in [0.25, 0.3) is 0 Å². The summed E-state index contributed by atoms with van der Waals surface area (Å²) in [5.74, 6) is -0.224. The van der Waals surface area contributed by atoms with Gasteiger partial charge in [0, 0.05) is 6.54 Å². The van der Waals surface area contributed by atoms with Gasteiger partial charge in [0.1, 0.15) is 6.04 Å². The molecule has 0 aliphatic carbocycles. The number of nitrogens with two attached hydrogens (primary N) is 1. The van der Waals surface area contributed by atoms with Gasteiger partial charge in [-0.25, -0.2) is 0 Å². The Kier molecular flexibility index (Phi) is 5.95. The van der Waals surface area contributed by atoms with Gasteiger partial charge in [-0.3, -0.25) is 14.4 Å². The van der Waals surface area contributed by atoms with Gasteiger partial charge in [-0.2, -0.15) is 0 Å². The Morgan fingerprint density at radius 1 is 1.47 bits per heavy atom. The second kappa shape index (κ2) is 7.23. The van der Waals surface area contributed by atoms with Crippen LogP contribution in [0.5, 0.6) is 0 Å². The zero-order chi connectivity index (χ0) is 14.4. The molecule has 0 aromatic rings. The number of carbonyl (C=O) groups excluding carboxylic acids is 3. The number of nitrogens with zero attached hydrogens (tertiary/aromatic N) is 1. The van der Waals surface area contributed by atoms with Crippen LogP contribution in [0.25, 0.3) is 0 Å². The van der Waals surface area contributed by atoms with Crippen molar-refractivity contribution in [2.45, 2.75) is 45.2 Å². The first-order chi connectivity index (χ1) is 8.99. The molecule has 3 N–H and O–H groups in total. The Morgan fingerprint density at radius 2 is 2.16 bits per heavy atom. The highest BCUT2D eigenvalue weighted by molar-refractivity contribution is 5.90. The zero-order valence-electron chi connectivity index (χ0n) is 11.5. The van der Waals surface area contributed by atoms with E-state index in [4.69, 9.17) is 5.73 Å². The maximum atomic E-state index is 12.1. The van der Waals surface area contributed by atoms with Crippen molar-refractivity contribution in [3.8, 4) is 0 Å². The smallest absolute Gasteiger partial charge is 0.243 e. The van der Waals surface area contributed by atoms with Crippen LogP contribution in [0.15, 0.2) is 0 Å². The molecular formula is C13H22N3O3. The molecule has 6 nitrogen and oxygen atoms in total. The van der Waals surface area contributed by atoms with Crippen molar-refractivity contribution in [3.05, 3.63) is 0 Å². The van der Waals surface area contributed by atoms with E-state index in [1.165, 1.54) is 4.90 Å². The Morgan fingerprint density at radius 3 is 2.68 bits per heavy atom. The van der Waals surface area contributed by atoms with Crippen molar-refractivity contribution in [3.63, 3.8) is 0 Å². The van der Waals surface area contributed by atoms with E-state index in [1.807, 2.05) is 20.1 Å². The fraction of sp³-hybridized carbons (Fsp3) is 0.769. The summed E-state index contributed by atoms with van der Waals surface area (Å²) in [6.07, 6.45) is 3.78. The van der Waals surface area contributed by atoms with Crippen molar-refractivity contribution in [2.24, 2.45) is 11.7 Å². The summed E-state index contributed by atoms with van der Waals surface area (Å²) in [6, 6.07) is -1.11. The minimum atomic E-state index is -0.608. The number of nitrogens with one attached hydrogen (secondary N) is 1. The second-order valence-electron chi connectivity index (χ2n) is 5.26. The van der Waals surface area contributed by atoms with Crippen LogP contribution in [0, 0.1) is 5.92 Å². The lowest BCUT2D eigenvalue weighted by Crippen LogP contribution is -2.50. The van der Waals surface area contributed by atoms with Crippen LogP contribution in [0.4, 0.5) is 0 Å². The van der Waals surface area contributed by atoms with E-state index < -0.39 is 12.1 Å². The summed E-state index contributed by atoms with van der Waals surface area (Å²) in [5.41, 5.74) is 5.32. The molecule has 1 radical (unpaired) electrons. The van der Waals surface area contributed by atoms with Crippen LogP contribution in [-0.2, 0) is 14.4 Å². The largest absolute Gasteiger partial charge is 0.344 e. The second-order valence-corrected chi connectivity index (χ2v) is 5.26. The van der Waals surface area contributed by atoms with E-state index in [9.17, 15) is 14.4 Å². The Balaban J connectivity index is 2.60. The lowest BCUT2D eigenvalue weighted by Gasteiger charge is -2.25. The third-order valence-electron chi connectivity index (χ3n) is 3.22. The normalized spacial score (nSPS) is 20.4. The van der Waals surface area contributed by atoms with E-state index in [2.05, 4.69) is 5.32 Å². The van der Waals surface area contributed by atoms with E-state index in [1.54, 1.807) is 0 Å². The Bertz CT molecular complexity index is 344. The quantitative estimate of drug-likeness (QED) is 0.684.